The van der Waals surface area contributed by atoms with Gasteiger partial charge in [-0.25, -0.2) is 9.78 Å². The molecule has 1 heterocycles. The van der Waals surface area contributed by atoms with Gasteiger partial charge in [0.05, 0.1) is 6.61 Å². The van der Waals surface area contributed by atoms with E-state index in [2.05, 4.69) is 24.1 Å². The van der Waals surface area contributed by atoms with E-state index in [1.807, 2.05) is 24.3 Å². The Morgan fingerprint density at radius 1 is 1.38 bits per heavy atom. The van der Waals surface area contributed by atoms with Gasteiger partial charge in [0.25, 0.3) is 0 Å². The van der Waals surface area contributed by atoms with Crippen LogP contribution in [-0.4, -0.2) is 35.8 Å². The number of anilines is 1. The van der Waals surface area contributed by atoms with E-state index in [0.717, 1.165) is 10.8 Å². The fourth-order valence-corrected chi connectivity index (χ4v) is 2.00. The maximum absolute atomic E-state index is 11.1. The summed E-state index contributed by atoms with van der Waals surface area (Å²) in [5.74, 6) is 0.0535. The Hall–Kier alpha value is -2.14. The molecule has 0 bridgehead atoms. The Labute approximate surface area is 124 Å². The topological polar surface area (TPSA) is 71.5 Å². The Morgan fingerprint density at radius 2 is 2.14 bits per heavy atom. The van der Waals surface area contributed by atoms with Crippen molar-refractivity contribution in [2.24, 2.45) is 5.92 Å². The second kappa shape index (κ2) is 7.04. The fourth-order valence-electron chi connectivity index (χ4n) is 2.00. The van der Waals surface area contributed by atoms with Crippen molar-refractivity contribution in [2.45, 2.75) is 13.8 Å². The zero-order valence-electron chi connectivity index (χ0n) is 12.3. The summed E-state index contributed by atoms with van der Waals surface area (Å²) < 4.78 is 5.50. The number of nitrogens with zero attached hydrogens (tertiary/aromatic N) is 1. The van der Waals surface area contributed by atoms with Gasteiger partial charge in [0.2, 0.25) is 0 Å². The van der Waals surface area contributed by atoms with Crippen molar-refractivity contribution < 1.29 is 14.6 Å². The standard InChI is InChI=1S/C16H20N2O3/c1-11(2)10-21-8-7-17-15-13-6-4-3-5-12(13)9-14(18-15)16(19)20/h3-6,9,11H,7-8,10H2,1-2H3,(H,17,18)(H,19,20). The third-order valence-corrected chi connectivity index (χ3v) is 2.95. The van der Waals surface area contributed by atoms with E-state index >= 15 is 0 Å². The van der Waals surface area contributed by atoms with Gasteiger partial charge in [-0.05, 0) is 17.4 Å². The number of hydrogen-bond acceptors (Lipinski definition) is 4. The number of aromatic carboxylic acids is 1. The smallest absolute Gasteiger partial charge is 0.354 e. The summed E-state index contributed by atoms with van der Waals surface area (Å²) in [6, 6.07) is 9.17. The van der Waals surface area contributed by atoms with Crippen LogP contribution < -0.4 is 5.32 Å². The number of carbonyl (C=O) groups is 1. The molecule has 0 aliphatic rings. The summed E-state index contributed by atoms with van der Waals surface area (Å²) in [5.41, 5.74) is 0.0410. The minimum absolute atomic E-state index is 0.0410. The number of ether oxygens (including phenoxy) is 1. The van der Waals surface area contributed by atoms with Gasteiger partial charge in [-0.1, -0.05) is 38.1 Å². The van der Waals surface area contributed by atoms with E-state index in [4.69, 9.17) is 9.84 Å². The summed E-state index contributed by atoms with van der Waals surface area (Å²) >= 11 is 0. The van der Waals surface area contributed by atoms with E-state index in [0.29, 0.717) is 31.5 Å². The number of carboxylic acid groups (broad SMARTS) is 1. The highest BCUT2D eigenvalue weighted by molar-refractivity contribution is 5.97. The van der Waals surface area contributed by atoms with Gasteiger partial charge in [-0.15, -0.1) is 0 Å². The molecule has 0 fully saturated rings. The lowest BCUT2D eigenvalue weighted by Gasteiger charge is -2.11. The quantitative estimate of drug-likeness (QED) is 0.766. The van der Waals surface area contributed by atoms with Crippen LogP contribution in [0.5, 0.6) is 0 Å². The Bertz CT molecular complexity index is 626. The number of rotatable bonds is 7. The van der Waals surface area contributed by atoms with Crippen molar-refractivity contribution in [3.63, 3.8) is 0 Å². The first-order valence-corrected chi connectivity index (χ1v) is 7.02. The van der Waals surface area contributed by atoms with Crippen LogP contribution in [0.25, 0.3) is 10.8 Å². The molecule has 0 unspecified atom stereocenters. The second-order valence-corrected chi connectivity index (χ2v) is 5.28. The molecule has 0 atom stereocenters. The van der Waals surface area contributed by atoms with Crippen LogP contribution in [0.15, 0.2) is 30.3 Å². The second-order valence-electron chi connectivity index (χ2n) is 5.28. The average molecular weight is 288 g/mol. The molecule has 112 valence electrons. The predicted octanol–water partition coefficient (Wildman–Crippen LogP) is 3.02. The molecule has 5 heteroatoms. The van der Waals surface area contributed by atoms with Crippen LogP contribution in [-0.2, 0) is 4.74 Å². The van der Waals surface area contributed by atoms with Gasteiger partial charge >= 0.3 is 5.97 Å². The summed E-state index contributed by atoms with van der Waals surface area (Å²) in [6.45, 7) is 6.06. The fraction of sp³-hybridized carbons (Fsp3) is 0.375. The molecule has 21 heavy (non-hydrogen) atoms. The van der Waals surface area contributed by atoms with Crippen LogP contribution in [0.4, 0.5) is 5.82 Å². The molecule has 0 aliphatic heterocycles. The van der Waals surface area contributed by atoms with Gasteiger partial charge in [-0.3, -0.25) is 0 Å². The Balaban J connectivity index is 2.12. The SMILES string of the molecule is CC(C)COCCNc1nc(C(=O)O)cc2ccccc12. The number of pyridine rings is 1. The van der Waals surface area contributed by atoms with Crippen molar-refractivity contribution in [2.75, 3.05) is 25.1 Å². The van der Waals surface area contributed by atoms with E-state index < -0.39 is 5.97 Å². The highest BCUT2D eigenvalue weighted by atomic mass is 16.5. The summed E-state index contributed by atoms with van der Waals surface area (Å²) in [7, 11) is 0. The predicted molar refractivity (Wildman–Crippen MR) is 82.8 cm³/mol. The minimum atomic E-state index is -1.03. The van der Waals surface area contributed by atoms with Crippen molar-refractivity contribution in [3.8, 4) is 0 Å². The first kappa shape index (κ1) is 15.3. The van der Waals surface area contributed by atoms with Crippen molar-refractivity contribution in [3.05, 3.63) is 36.0 Å². The molecule has 0 amide bonds. The van der Waals surface area contributed by atoms with Crippen LogP contribution in [0.2, 0.25) is 0 Å². The van der Waals surface area contributed by atoms with Crippen LogP contribution in [0, 0.1) is 5.92 Å². The summed E-state index contributed by atoms with van der Waals surface area (Å²) in [5, 5.41) is 14.0. The van der Waals surface area contributed by atoms with E-state index in [1.165, 1.54) is 0 Å². The molecule has 1 aromatic carbocycles. The third-order valence-electron chi connectivity index (χ3n) is 2.95. The molecule has 0 saturated carbocycles. The lowest BCUT2D eigenvalue weighted by Crippen LogP contribution is -2.14. The van der Waals surface area contributed by atoms with E-state index in [-0.39, 0.29) is 5.69 Å². The van der Waals surface area contributed by atoms with Gasteiger partial charge in [0.1, 0.15) is 5.82 Å². The van der Waals surface area contributed by atoms with E-state index in [1.54, 1.807) is 6.07 Å². The molecule has 2 N–H and O–H groups in total. The molecule has 0 aliphatic carbocycles. The van der Waals surface area contributed by atoms with Crippen LogP contribution in [0.1, 0.15) is 24.3 Å². The number of hydrogen-bond donors (Lipinski definition) is 2. The summed E-state index contributed by atoms with van der Waals surface area (Å²) in [6.07, 6.45) is 0. The van der Waals surface area contributed by atoms with Crippen molar-refractivity contribution in [1.29, 1.82) is 0 Å². The highest BCUT2D eigenvalue weighted by Gasteiger charge is 2.10. The largest absolute Gasteiger partial charge is 0.477 e. The molecule has 0 spiro atoms. The molecule has 2 rings (SSSR count). The van der Waals surface area contributed by atoms with E-state index in [9.17, 15) is 4.79 Å². The van der Waals surface area contributed by atoms with Gasteiger partial charge in [-0.2, -0.15) is 0 Å². The van der Waals surface area contributed by atoms with Gasteiger partial charge < -0.3 is 15.2 Å². The normalized spacial score (nSPS) is 11.0. The maximum atomic E-state index is 11.1. The molecule has 0 saturated heterocycles. The average Bonchev–Trinajstić information content (AvgIpc) is 2.46. The number of fused-ring (bicyclic) bond motifs is 1. The zero-order chi connectivity index (χ0) is 15.2. The van der Waals surface area contributed by atoms with Crippen molar-refractivity contribution in [1.82, 2.24) is 4.98 Å². The lowest BCUT2D eigenvalue weighted by molar-refractivity contribution is 0.0691. The number of carboxylic acids is 1. The van der Waals surface area contributed by atoms with Gasteiger partial charge in [0.15, 0.2) is 5.69 Å². The Morgan fingerprint density at radius 3 is 2.86 bits per heavy atom. The van der Waals surface area contributed by atoms with Gasteiger partial charge in [0, 0.05) is 18.5 Å². The third kappa shape index (κ3) is 4.16. The molecule has 1 aromatic heterocycles. The molecule has 5 nitrogen and oxygen atoms in total. The first-order chi connectivity index (χ1) is 10.1. The molecule has 2 aromatic rings. The first-order valence-electron chi connectivity index (χ1n) is 7.02. The highest BCUT2D eigenvalue weighted by Crippen LogP contribution is 2.22. The number of nitrogens with one attached hydrogen (secondary N) is 1. The molecular weight excluding hydrogens is 268 g/mol. The lowest BCUT2D eigenvalue weighted by atomic mass is 10.1. The molecular formula is C16H20N2O3. The van der Waals surface area contributed by atoms with Crippen LogP contribution in [0.3, 0.4) is 0 Å². The summed E-state index contributed by atoms with van der Waals surface area (Å²) in [4.78, 5) is 15.3. The molecule has 0 radical (unpaired) electrons. The van der Waals surface area contributed by atoms with Crippen molar-refractivity contribution >= 4 is 22.6 Å². The zero-order valence-corrected chi connectivity index (χ0v) is 12.3. The number of benzene rings is 1. The monoisotopic (exact) mass is 288 g/mol. The Kier molecular flexibility index (Phi) is 5.11. The maximum Gasteiger partial charge on any atom is 0.354 e. The minimum Gasteiger partial charge on any atom is -0.477 e. The van der Waals surface area contributed by atoms with Crippen LogP contribution >= 0.6 is 0 Å². The number of aromatic nitrogens is 1.